The average Bonchev–Trinajstić information content (AvgIpc) is 2.91. The van der Waals surface area contributed by atoms with E-state index in [-0.39, 0.29) is 5.78 Å². The maximum absolute atomic E-state index is 12.5. The molecule has 24 heavy (non-hydrogen) atoms. The Balaban J connectivity index is 0.000000671. The van der Waals surface area contributed by atoms with Crippen molar-refractivity contribution < 1.29 is 4.79 Å². The molecule has 0 heterocycles. The number of rotatable bonds is 2. The van der Waals surface area contributed by atoms with Crippen LogP contribution in [0, 0.1) is 0 Å². The summed E-state index contributed by atoms with van der Waals surface area (Å²) >= 11 is 0. The van der Waals surface area contributed by atoms with Crippen LogP contribution in [0.15, 0.2) is 56.9 Å². The van der Waals surface area contributed by atoms with Gasteiger partial charge in [0.15, 0.2) is 5.78 Å². The van der Waals surface area contributed by atoms with Crippen molar-refractivity contribution in [2.24, 2.45) is 20.5 Å². The molecule has 0 N–H and O–H groups in total. The van der Waals surface area contributed by atoms with Gasteiger partial charge in [0.25, 0.3) is 0 Å². The summed E-state index contributed by atoms with van der Waals surface area (Å²) in [6.45, 7) is 8.00. The minimum absolute atomic E-state index is 0.00342. The van der Waals surface area contributed by atoms with Gasteiger partial charge in [0, 0.05) is 25.2 Å². The fraction of sp³-hybridized carbons (Fsp3) is 0.316. The number of carbonyl (C=O) groups is 1. The molecule has 126 valence electrons. The van der Waals surface area contributed by atoms with Crippen molar-refractivity contribution in [1.82, 2.24) is 0 Å². The Bertz CT molecular complexity index is 700. The van der Waals surface area contributed by atoms with Crippen LogP contribution in [-0.2, 0) is 0 Å². The zero-order valence-corrected chi connectivity index (χ0v) is 15.2. The van der Waals surface area contributed by atoms with E-state index in [4.69, 9.17) is 0 Å². The van der Waals surface area contributed by atoms with Crippen LogP contribution in [-0.4, -0.2) is 19.9 Å². The van der Waals surface area contributed by atoms with Gasteiger partial charge in [0.2, 0.25) is 0 Å². The Morgan fingerprint density at radius 1 is 0.625 bits per heavy atom. The van der Waals surface area contributed by atoms with Gasteiger partial charge >= 0.3 is 0 Å². The van der Waals surface area contributed by atoms with Crippen LogP contribution in [0.1, 0.15) is 43.6 Å². The van der Waals surface area contributed by atoms with Gasteiger partial charge in [-0.1, -0.05) is 39.8 Å². The number of hydrogen-bond donors (Lipinski definition) is 0. The molecular formula is C19H24N4O. The Kier molecular flexibility index (Phi) is 7.62. The van der Waals surface area contributed by atoms with E-state index in [0.717, 1.165) is 11.1 Å². The van der Waals surface area contributed by atoms with E-state index in [1.807, 2.05) is 52.0 Å². The summed E-state index contributed by atoms with van der Waals surface area (Å²) in [5.74, 6) is -0.00342. The summed E-state index contributed by atoms with van der Waals surface area (Å²) in [4.78, 5) is 12.5. The van der Waals surface area contributed by atoms with E-state index < -0.39 is 0 Å². The molecule has 2 aromatic rings. The van der Waals surface area contributed by atoms with Gasteiger partial charge in [-0.15, -0.1) is 0 Å². The lowest BCUT2D eigenvalue weighted by Gasteiger charge is -2.00. The number of ketones is 1. The van der Waals surface area contributed by atoms with Crippen LogP contribution in [0.5, 0.6) is 0 Å². The summed E-state index contributed by atoms with van der Waals surface area (Å²) < 4.78 is 0. The van der Waals surface area contributed by atoms with Crippen LogP contribution in [0.25, 0.3) is 11.1 Å². The average molecular weight is 324 g/mol. The Labute approximate surface area is 143 Å². The molecule has 5 heteroatoms. The van der Waals surface area contributed by atoms with Gasteiger partial charge < -0.3 is 0 Å². The zero-order valence-electron chi connectivity index (χ0n) is 15.2. The van der Waals surface area contributed by atoms with Crippen LogP contribution in [0.4, 0.5) is 11.4 Å². The van der Waals surface area contributed by atoms with Crippen LogP contribution >= 0.6 is 0 Å². The third kappa shape index (κ3) is 3.79. The molecule has 2 aromatic carbocycles. The van der Waals surface area contributed by atoms with E-state index >= 15 is 0 Å². The maximum Gasteiger partial charge on any atom is 0.194 e. The monoisotopic (exact) mass is 324 g/mol. The van der Waals surface area contributed by atoms with Crippen molar-refractivity contribution in [3.8, 4) is 11.1 Å². The van der Waals surface area contributed by atoms with Crippen molar-refractivity contribution >= 4 is 17.2 Å². The summed E-state index contributed by atoms with van der Waals surface area (Å²) in [7, 11) is 3.21. The number of fused-ring (bicyclic) bond motifs is 3. The summed E-state index contributed by atoms with van der Waals surface area (Å²) in [5.41, 5.74) is 4.55. The van der Waals surface area contributed by atoms with Gasteiger partial charge in [-0.25, -0.2) is 0 Å². The lowest BCUT2D eigenvalue weighted by Crippen LogP contribution is -1.94. The molecule has 0 aromatic heterocycles. The molecule has 1 aliphatic carbocycles. The third-order valence-electron chi connectivity index (χ3n) is 3.22. The third-order valence-corrected chi connectivity index (χ3v) is 3.22. The first-order valence-electron chi connectivity index (χ1n) is 8.17. The number of hydrogen-bond acceptors (Lipinski definition) is 5. The molecule has 0 spiro atoms. The quantitative estimate of drug-likeness (QED) is 0.504. The second-order valence-corrected chi connectivity index (χ2v) is 4.39. The van der Waals surface area contributed by atoms with E-state index in [1.165, 1.54) is 0 Å². The lowest BCUT2D eigenvalue weighted by molar-refractivity contribution is 0.104. The van der Waals surface area contributed by atoms with Crippen molar-refractivity contribution in [1.29, 1.82) is 0 Å². The summed E-state index contributed by atoms with van der Waals surface area (Å²) in [5, 5.41) is 15.4. The van der Waals surface area contributed by atoms with Crippen molar-refractivity contribution in [3.05, 3.63) is 47.5 Å². The van der Waals surface area contributed by atoms with E-state index in [0.29, 0.717) is 22.5 Å². The standard InChI is InChI=1S/C15H12N4O.2C2H6/c1-16-18-9-3-5-11-12-6-4-10(19-17-2)8-14(12)15(20)13(11)7-9;2*1-2/h3-8H,1-2H3;2*1-2H3. The fourth-order valence-corrected chi connectivity index (χ4v) is 2.41. The highest BCUT2D eigenvalue weighted by Gasteiger charge is 2.27. The zero-order chi connectivity index (χ0) is 18.1. The van der Waals surface area contributed by atoms with Crippen molar-refractivity contribution in [2.45, 2.75) is 27.7 Å². The van der Waals surface area contributed by atoms with Gasteiger partial charge in [0.1, 0.15) is 0 Å². The number of benzene rings is 2. The first-order chi connectivity index (χ1) is 11.7. The molecule has 5 nitrogen and oxygen atoms in total. The molecule has 0 saturated carbocycles. The molecule has 0 radical (unpaired) electrons. The predicted octanol–water partition coefficient (Wildman–Crippen LogP) is 6.38. The molecule has 0 fully saturated rings. The molecule has 0 amide bonds. The molecule has 0 aliphatic heterocycles. The van der Waals surface area contributed by atoms with Gasteiger partial charge in [0.05, 0.1) is 11.4 Å². The molecule has 1 aliphatic rings. The normalized spacial score (nSPS) is 11.5. The second-order valence-electron chi connectivity index (χ2n) is 4.39. The molecular weight excluding hydrogens is 300 g/mol. The lowest BCUT2D eigenvalue weighted by atomic mass is 10.1. The Hall–Kier alpha value is -2.69. The smallest absolute Gasteiger partial charge is 0.194 e. The topological polar surface area (TPSA) is 66.5 Å². The molecule has 3 rings (SSSR count). The Morgan fingerprint density at radius 3 is 1.33 bits per heavy atom. The largest absolute Gasteiger partial charge is 0.289 e. The van der Waals surface area contributed by atoms with Crippen LogP contribution < -0.4 is 0 Å². The van der Waals surface area contributed by atoms with Gasteiger partial charge in [-0.05, 0) is 35.4 Å². The van der Waals surface area contributed by atoms with Gasteiger partial charge in [-0.3, -0.25) is 4.79 Å². The molecule has 0 bridgehead atoms. The van der Waals surface area contributed by atoms with E-state index in [2.05, 4.69) is 20.5 Å². The molecule has 0 saturated heterocycles. The fourth-order valence-electron chi connectivity index (χ4n) is 2.41. The molecule has 0 atom stereocenters. The SMILES string of the molecule is CC.CC.CN=Nc1ccc2c(c1)C(=O)c1cc(N=NC)ccc1-2. The highest BCUT2D eigenvalue weighted by atomic mass is 16.1. The van der Waals surface area contributed by atoms with Crippen molar-refractivity contribution in [2.75, 3.05) is 14.1 Å². The minimum Gasteiger partial charge on any atom is -0.289 e. The van der Waals surface area contributed by atoms with Crippen LogP contribution in [0.3, 0.4) is 0 Å². The number of nitrogens with zero attached hydrogens (tertiary/aromatic N) is 4. The predicted molar refractivity (Wildman–Crippen MR) is 98.9 cm³/mol. The van der Waals surface area contributed by atoms with E-state index in [1.54, 1.807) is 26.2 Å². The van der Waals surface area contributed by atoms with E-state index in [9.17, 15) is 4.79 Å². The maximum atomic E-state index is 12.5. The first-order valence-corrected chi connectivity index (χ1v) is 8.17. The minimum atomic E-state index is -0.00342. The second kappa shape index (κ2) is 9.45. The summed E-state index contributed by atoms with van der Waals surface area (Å²) in [6.07, 6.45) is 0. The number of carbonyl (C=O) groups excluding carboxylic acids is 1. The number of azo groups is 2. The molecule has 0 unspecified atom stereocenters. The Morgan fingerprint density at radius 2 is 1.00 bits per heavy atom. The summed E-state index contributed by atoms with van der Waals surface area (Å²) in [6, 6.07) is 11.1. The highest BCUT2D eigenvalue weighted by Crippen LogP contribution is 2.39. The van der Waals surface area contributed by atoms with Crippen LogP contribution in [0.2, 0.25) is 0 Å². The van der Waals surface area contributed by atoms with Crippen molar-refractivity contribution in [3.63, 3.8) is 0 Å². The first kappa shape index (κ1) is 19.4. The van der Waals surface area contributed by atoms with Gasteiger partial charge in [-0.2, -0.15) is 20.5 Å². The highest BCUT2D eigenvalue weighted by molar-refractivity contribution is 6.22.